The van der Waals surface area contributed by atoms with Gasteiger partial charge in [0, 0.05) is 25.9 Å². The topological polar surface area (TPSA) is 59.0 Å². The van der Waals surface area contributed by atoms with Crippen LogP contribution >= 0.6 is 0 Å². The van der Waals surface area contributed by atoms with Crippen molar-refractivity contribution in [3.8, 4) is 17.2 Å². The van der Waals surface area contributed by atoms with E-state index in [0.29, 0.717) is 19.6 Å². The van der Waals surface area contributed by atoms with Crippen molar-refractivity contribution in [2.24, 2.45) is 0 Å². The molecule has 0 unspecified atom stereocenters. The molecular weight excluding hydrogens is 330 g/mol. The van der Waals surface area contributed by atoms with Gasteiger partial charge in [0.15, 0.2) is 11.5 Å². The van der Waals surface area contributed by atoms with Crippen molar-refractivity contribution in [3.05, 3.63) is 53.6 Å². The summed E-state index contributed by atoms with van der Waals surface area (Å²) in [5, 5.41) is 9.27. The van der Waals surface area contributed by atoms with E-state index in [4.69, 9.17) is 9.47 Å². The third-order valence-corrected chi connectivity index (χ3v) is 4.62. The third kappa shape index (κ3) is 5.23. The smallest absolute Gasteiger partial charge is 0.231 e. The molecule has 0 amide bonds. The molecule has 138 valence electrons. The molecular formula is C21H25NO4. The number of Topliss-reactive ketones (excluding diaryl/α,β-unsaturated/α-hetero) is 1. The molecule has 1 aliphatic heterocycles. The number of carbonyl (C=O) groups is 1. The maximum Gasteiger partial charge on any atom is 0.231 e. The molecule has 0 aliphatic carbocycles. The fraction of sp³-hybridized carbons (Fsp3) is 0.381. The molecule has 1 heterocycles. The summed E-state index contributed by atoms with van der Waals surface area (Å²) in [5.41, 5.74) is 2.28. The first kappa shape index (κ1) is 18.3. The lowest BCUT2D eigenvalue weighted by Gasteiger charge is -2.16. The number of benzene rings is 2. The highest BCUT2D eigenvalue weighted by Gasteiger charge is 2.13. The summed E-state index contributed by atoms with van der Waals surface area (Å²) in [6, 6.07) is 13.1. The van der Waals surface area contributed by atoms with Crippen LogP contribution in [0.3, 0.4) is 0 Å². The van der Waals surface area contributed by atoms with Crippen molar-refractivity contribution in [3.63, 3.8) is 0 Å². The Morgan fingerprint density at radius 2 is 1.69 bits per heavy atom. The van der Waals surface area contributed by atoms with Gasteiger partial charge in [-0.25, -0.2) is 0 Å². The number of fused-ring (bicyclic) bond motifs is 1. The number of phenols is 1. The van der Waals surface area contributed by atoms with E-state index in [1.165, 1.54) is 5.56 Å². The number of ketones is 1. The number of hydrogen-bond donors (Lipinski definition) is 1. The second-order valence-electron chi connectivity index (χ2n) is 6.70. The molecule has 26 heavy (non-hydrogen) atoms. The molecule has 0 radical (unpaired) electrons. The number of rotatable bonds is 9. The maximum absolute atomic E-state index is 12.1. The van der Waals surface area contributed by atoms with Crippen molar-refractivity contribution in [1.29, 1.82) is 0 Å². The van der Waals surface area contributed by atoms with Crippen LogP contribution in [0.25, 0.3) is 0 Å². The van der Waals surface area contributed by atoms with Gasteiger partial charge in [-0.1, -0.05) is 18.2 Å². The number of aromatic hydroxyl groups is 1. The first-order valence-electron chi connectivity index (χ1n) is 8.97. The first-order chi connectivity index (χ1) is 12.6. The van der Waals surface area contributed by atoms with Gasteiger partial charge >= 0.3 is 0 Å². The van der Waals surface area contributed by atoms with Crippen LogP contribution in [0.15, 0.2) is 42.5 Å². The minimum absolute atomic E-state index is 0.254. The Bertz CT molecular complexity index is 742. The zero-order valence-electron chi connectivity index (χ0n) is 15.1. The van der Waals surface area contributed by atoms with Gasteiger partial charge in [0.05, 0.1) is 0 Å². The molecule has 5 heteroatoms. The van der Waals surface area contributed by atoms with Crippen LogP contribution in [0.4, 0.5) is 0 Å². The van der Waals surface area contributed by atoms with E-state index in [9.17, 15) is 9.90 Å². The van der Waals surface area contributed by atoms with Gasteiger partial charge < -0.3 is 19.5 Å². The lowest BCUT2D eigenvalue weighted by atomic mass is 10.1. The molecule has 2 aromatic carbocycles. The average Bonchev–Trinajstić information content (AvgIpc) is 3.12. The molecule has 0 atom stereocenters. The number of hydrogen-bond acceptors (Lipinski definition) is 5. The molecule has 0 fully saturated rings. The minimum Gasteiger partial charge on any atom is -0.508 e. The Morgan fingerprint density at radius 1 is 0.962 bits per heavy atom. The SMILES string of the molecule is CN(CCC(=O)CCc1ccc(O)cc1)CCc1ccc2c(c1)OCO2. The molecule has 3 rings (SSSR count). The summed E-state index contributed by atoms with van der Waals surface area (Å²) in [7, 11) is 2.04. The van der Waals surface area contributed by atoms with Gasteiger partial charge in [-0.05, 0) is 55.3 Å². The van der Waals surface area contributed by atoms with Crippen LogP contribution in [-0.2, 0) is 17.6 Å². The molecule has 0 spiro atoms. The summed E-state index contributed by atoms with van der Waals surface area (Å²) in [4.78, 5) is 14.3. The van der Waals surface area contributed by atoms with Crippen LogP contribution in [0.5, 0.6) is 17.2 Å². The molecule has 1 N–H and O–H groups in total. The Morgan fingerprint density at radius 3 is 2.50 bits per heavy atom. The van der Waals surface area contributed by atoms with Gasteiger partial charge in [-0.15, -0.1) is 0 Å². The van der Waals surface area contributed by atoms with Gasteiger partial charge in [0.2, 0.25) is 6.79 Å². The number of aryl methyl sites for hydroxylation is 1. The number of phenolic OH excluding ortho intramolecular Hbond substituents is 1. The highest BCUT2D eigenvalue weighted by atomic mass is 16.7. The van der Waals surface area contributed by atoms with Gasteiger partial charge in [-0.2, -0.15) is 0 Å². The van der Waals surface area contributed by atoms with Gasteiger partial charge in [0.25, 0.3) is 0 Å². The molecule has 1 aliphatic rings. The minimum atomic E-state index is 0.254. The Kier molecular flexibility index (Phi) is 6.12. The quantitative estimate of drug-likeness (QED) is 0.749. The van der Waals surface area contributed by atoms with Gasteiger partial charge in [-0.3, -0.25) is 4.79 Å². The average molecular weight is 355 g/mol. The molecule has 0 aromatic heterocycles. The zero-order valence-corrected chi connectivity index (χ0v) is 15.1. The Labute approximate surface area is 154 Å². The third-order valence-electron chi connectivity index (χ3n) is 4.62. The molecule has 5 nitrogen and oxygen atoms in total. The summed E-state index contributed by atoms with van der Waals surface area (Å²) in [6.45, 7) is 1.95. The predicted molar refractivity (Wildman–Crippen MR) is 99.8 cm³/mol. The van der Waals surface area contributed by atoms with Crippen LogP contribution in [0, 0.1) is 0 Å². The van der Waals surface area contributed by atoms with E-state index in [1.807, 2.05) is 31.3 Å². The van der Waals surface area contributed by atoms with Crippen LogP contribution in [-0.4, -0.2) is 42.7 Å². The monoisotopic (exact) mass is 355 g/mol. The Balaban J connectivity index is 1.35. The molecule has 0 saturated heterocycles. The number of ether oxygens (including phenoxy) is 2. The van der Waals surface area contributed by atoms with E-state index in [1.54, 1.807) is 12.1 Å². The number of nitrogens with zero attached hydrogens (tertiary/aromatic N) is 1. The van der Waals surface area contributed by atoms with Crippen molar-refractivity contribution in [2.75, 3.05) is 26.9 Å². The predicted octanol–water partition coefficient (Wildman–Crippen LogP) is 3.19. The second-order valence-corrected chi connectivity index (χ2v) is 6.70. The van der Waals surface area contributed by atoms with Crippen molar-refractivity contribution in [1.82, 2.24) is 4.90 Å². The first-order valence-corrected chi connectivity index (χ1v) is 8.97. The highest BCUT2D eigenvalue weighted by Crippen LogP contribution is 2.32. The molecule has 0 bridgehead atoms. The lowest BCUT2D eigenvalue weighted by Crippen LogP contribution is -2.24. The van der Waals surface area contributed by atoms with E-state index in [0.717, 1.165) is 43.0 Å². The van der Waals surface area contributed by atoms with E-state index in [-0.39, 0.29) is 11.5 Å². The van der Waals surface area contributed by atoms with Crippen molar-refractivity contribution >= 4 is 5.78 Å². The largest absolute Gasteiger partial charge is 0.508 e. The van der Waals surface area contributed by atoms with E-state index >= 15 is 0 Å². The summed E-state index contributed by atoms with van der Waals surface area (Å²) in [6.07, 6.45) is 2.74. The fourth-order valence-electron chi connectivity index (χ4n) is 2.92. The maximum atomic E-state index is 12.1. The second kappa shape index (κ2) is 8.72. The van der Waals surface area contributed by atoms with Gasteiger partial charge in [0.1, 0.15) is 11.5 Å². The molecule has 2 aromatic rings. The van der Waals surface area contributed by atoms with Crippen LogP contribution in [0.2, 0.25) is 0 Å². The van der Waals surface area contributed by atoms with Crippen molar-refractivity contribution < 1.29 is 19.4 Å². The molecule has 0 saturated carbocycles. The van der Waals surface area contributed by atoms with Crippen LogP contribution in [0.1, 0.15) is 24.0 Å². The zero-order chi connectivity index (χ0) is 18.4. The standard InChI is InChI=1S/C21H25NO4/c1-22(12-10-17-5-9-20-21(14-17)26-15-25-20)13-11-19(24)8-4-16-2-6-18(23)7-3-16/h2-3,5-7,9,14,23H,4,8,10-13,15H2,1H3. The number of carbonyl (C=O) groups excluding carboxylic acids is 1. The Hall–Kier alpha value is -2.53. The fourth-order valence-corrected chi connectivity index (χ4v) is 2.92. The van der Waals surface area contributed by atoms with E-state index < -0.39 is 0 Å². The van der Waals surface area contributed by atoms with Crippen LogP contribution < -0.4 is 9.47 Å². The highest BCUT2D eigenvalue weighted by molar-refractivity contribution is 5.78. The summed E-state index contributed by atoms with van der Waals surface area (Å²) in [5.74, 6) is 2.15. The number of likely N-dealkylation sites (N-methyl/N-ethyl adjacent to an activating group) is 1. The normalized spacial score (nSPS) is 12.5. The van der Waals surface area contributed by atoms with Crippen molar-refractivity contribution in [2.45, 2.75) is 25.7 Å². The lowest BCUT2D eigenvalue weighted by molar-refractivity contribution is -0.119. The summed E-state index contributed by atoms with van der Waals surface area (Å²) < 4.78 is 10.7. The summed E-state index contributed by atoms with van der Waals surface area (Å²) >= 11 is 0. The van der Waals surface area contributed by atoms with E-state index in [2.05, 4.69) is 11.0 Å².